The molecule has 1 heterocycles. The minimum atomic E-state index is -1.24. The molecule has 136 valence electrons. The monoisotopic (exact) mass is 357 g/mol. The molecule has 4 rings (SSSR count). The summed E-state index contributed by atoms with van der Waals surface area (Å²) in [6.07, 6.45) is 0. The first-order chi connectivity index (χ1) is 13.1. The van der Waals surface area contributed by atoms with Crippen LogP contribution in [0.2, 0.25) is 0 Å². The second-order valence-electron chi connectivity index (χ2n) is 7.21. The second-order valence-corrected chi connectivity index (χ2v) is 7.21. The normalized spacial score (nSPS) is 13.2. The smallest absolute Gasteiger partial charge is 0.137 e. The van der Waals surface area contributed by atoms with Gasteiger partial charge in [-0.2, -0.15) is 0 Å². The predicted octanol–water partition coefficient (Wildman–Crippen LogP) is 4.56. The molecule has 0 aliphatic heterocycles. The minimum Gasteiger partial charge on any atom is -0.378 e. The van der Waals surface area contributed by atoms with E-state index in [0.717, 1.165) is 22.2 Å². The number of aromatic nitrogens is 3. The molecule has 1 N–H and O–H groups in total. The summed E-state index contributed by atoms with van der Waals surface area (Å²) < 4.78 is 1.88. The Hall–Kier alpha value is -2.98. The van der Waals surface area contributed by atoms with Crippen molar-refractivity contribution in [1.82, 2.24) is 15.0 Å². The molecule has 1 aromatic heterocycles. The molecule has 27 heavy (non-hydrogen) atoms. The Kier molecular flexibility index (Phi) is 4.50. The van der Waals surface area contributed by atoms with Crippen molar-refractivity contribution < 1.29 is 5.11 Å². The van der Waals surface area contributed by atoms with Gasteiger partial charge in [0.15, 0.2) is 0 Å². The van der Waals surface area contributed by atoms with Gasteiger partial charge in [-0.3, -0.25) is 0 Å². The van der Waals surface area contributed by atoms with E-state index in [1.54, 1.807) is 0 Å². The molecule has 0 saturated carbocycles. The Morgan fingerprint density at radius 1 is 0.778 bits per heavy atom. The highest BCUT2D eigenvalue weighted by Gasteiger charge is 2.44. The molecule has 0 radical (unpaired) electrons. The van der Waals surface area contributed by atoms with Gasteiger partial charge in [0.2, 0.25) is 0 Å². The summed E-state index contributed by atoms with van der Waals surface area (Å²) in [4.78, 5) is 0. The molecule has 3 aromatic carbocycles. The minimum absolute atomic E-state index is 0.112. The lowest BCUT2D eigenvalue weighted by Crippen LogP contribution is -2.41. The Labute approximate surface area is 159 Å². The fourth-order valence-corrected chi connectivity index (χ4v) is 3.93. The molecule has 4 heteroatoms. The first-order valence-electron chi connectivity index (χ1n) is 9.25. The Balaban J connectivity index is 1.99. The van der Waals surface area contributed by atoms with Crippen molar-refractivity contribution in [1.29, 1.82) is 0 Å². The van der Waals surface area contributed by atoms with Gasteiger partial charge >= 0.3 is 0 Å². The summed E-state index contributed by atoms with van der Waals surface area (Å²) >= 11 is 0. The van der Waals surface area contributed by atoms with Gasteiger partial charge in [0.05, 0.1) is 11.6 Å². The zero-order valence-corrected chi connectivity index (χ0v) is 15.5. The van der Waals surface area contributed by atoms with E-state index >= 15 is 0 Å². The number of hydrogen-bond acceptors (Lipinski definition) is 3. The second kappa shape index (κ2) is 6.97. The fourth-order valence-electron chi connectivity index (χ4n) is 3.93. The van der Waals surface area contributed by atoms with Crippen LogP contribution in [0.4, 0.5) is 0 Å². The van der Waals surface area contributed by atoms with Crippen LogP contribution in [0.3, 0.4) is 0 Å². The summed E-state index contributed by atoms with van der Waals surface area (Å²) in [7, 11) is 0. The van der Waals surface area contributed by atoms with Crippen molar-refractivity contribution in [3.63, 3.8) is 0 Å². The number of nitrogens with zero attached hydrogens (tertiary/aromatic N) is 3. The maximum Gasteiger partial charge on any atom is 0.137 e. The number of aliphatic hydroxyl groups is 1. The van der Waals surface area contributed by atoms with E-state index in [4.69, 9.17) is 0 Å². The maximum atomic E-state index is 12.2. The van der Waals surface area contributed by atoms with Crippen LogP contribution in [0.5, 0.6) is 0 Å². The van der Waals surface area contributed by atoms with Crippen molar-refractivity contribution >= 4 is 11.0 Å². The highest BCUT2D eigenvalue weighted by molar-refractivity contribution is 5.74. The summed E-state index contributed by atoms with van der Waals surface area (Å²) in [6.45, 7) is 4.22. The number of benzene rings is 3. The third-order valence-electron chi connectivity index (χ3n) is 5.13. The largest absolute Gasteiger partial charge is 0.378 e. The molecule has 0 bridgehead atoms. The average molecular weight is 357 g/mol. The van der Waals surface area contributed by atoms with Crippen LogP contribution < -0.4 is 0 Å². The number of hydrogen-bond donors (Lipinski definition) is 1. The SMILES string of the molecule is CC(C)C(n1nnc2ccccc21)C(O)(c1ccccc1)c1ccccc1. The van der Waals surface area contributed by atoms with Gasteiger partial charge in [0, 0.05) is 0 Å². The summed E-state index contributed by atoms with van der Waals surface area (Å²) in [5.41, 5.74) is 2.18. The van der Waals surface area contributed by atoms with Gasteiger partial charge < -0.3 is 5.11 Å². The molecule has 4 aromatic rings. The fraction of sp³-hybridized carbons (Fsp3) is 0.217. The molecule has 4 nitrogen and oxygen atoms in total. The quantitative estimate of drug-likeness (QED) is 0.569. The van der Waals surface area contributed by atoms with Gasteiger partial charge in [-0.1, -0.05) is 91.9 Å². The highest BCUT2D eigenvalue weighted by Crippen LogP contribution is 2.44. The molecule has 1 atom stereocenters. The lowest BCUT2D eigenvalue weighted by molar-refractivity contribution is -0.00214. The van der Waals surface area contributed by atoms with Gasteiger partial charge in [-0.05, 0) is 29.2 Å². The van der Waals surface area contributed by atoms with E-state index in [0.29, 0.717) is 0 Å². The molecule has 0 saturated heterocycles. The molecule has 0 fully saturated rings. The van der Waals surface area contributed by atoms with Crippen LogP contribution in [0.15, 0.2) is 84.9 Å². The van der Waals surface area contributed by atoms with Gasteiger partial charge in [-0.15, -0.1) is 5.10 Å². The van der Waals surface area contributed by atoms with Crippen molar-refractivity contribution in [2.75, 3.05) is 0 Å². The Morgan fingerprint density at radius 2 is 1.30 bits per heavy atom. The molecule has 0 amide bonds. The van der Waals surface area contributed by atoms with Crippen molar-refractivity contribution in [3.8, 4) is 0 Å². The number of rotatable bonds is 5. The van der Waals surface area contributed by atoms with Crippen molar-refractivity contribution in [2.24, 2.45) is 5.92 Å². The number of para-hydroxylation sites is 1. The lowest BCUT2D eigenvalue weighted by Gasteiger charge is -2.39. The zero-order chi connectivity index (χ0) is 18.9. The van der Waals surface area contributed by atoms with Crippen molar-refractivity contribution in [2.45, 2.75) is 25.5 Å². The summed E-state index contributed by atoms with van der Waals surface area (Å²) in [6, 6.07) is 27.2. The van der Waals surface area contributed by atoms with E-state index < -0.39 is 5.60 Å². The van der Waals surface area contributed by atoms with Crippen LogP contribution in [0.25, 0.3) is 11.0 Å². The van der Waals surface area contributed by atoms with Crippen molar-refractivity contribution in [3.05, 3.63) is 96.1 Å². The Morgan fingerprint density at radius 3 is 1.85 bits per heavy atom. The van der Waals surface area contributed by atoms with E-state index in [1.165, 1.54) is 0 Å². The molecule has 1 unspecified atom stereocenters. The zero-order valence-electron chi connectivity index (χ0n) is 15.5. The van der Waals surface area contributed by atoms with Crippen LogP contribution in [-0.4, -0.2) is 20.1 Å². The standard InChI is InChI=1S/C23H23N3O/c1-17(2)22(26-21-16-10-9-15-20(21)24-25-26)23(27,18-11-5-3-6-12-18)19-13-7-4-8-14-19/h3-17,22,27H,1-2H3. The molecule has 0 spiro atoms. The average Bonchev–Trinajstić information content (AvgIpc) is 3.13. The third-order valence-corrected chi connectivity index (χ3v) is 5.13. The third kappa shape index (κ3) is 2.92. The Bertz CT molecular complexity index is 986. The summed E-state index contributed by atoms with van der Waals surface area (Å²) in [5, 5.41) is 21.0. The van der Waals surface area contributed by atoms with Crippen LogP contribution in [-0.2, 0) is 5.60 Å². The van der Waals surface area contributed by atoms with E-state index in [2.05, 4.69) is 24.2 Å². The first kappa shape index (κ1) is 17.4. The summed E-state index contributed by atoms with van der Waals surface area (Å²) in [5.74, 6) is 0.112. The van der Waals surface area contributed by atoms with Gasteiger partial charge in [0.1, 0.15) is 11.1 Å². The lowest BCUT2D eigenvalue weighted by atomic mass is 9.76. The topological polar surface area (TPSA) is 50.9 Å². The maximum absolute atomic E-state index is 12.2. The molecular weight excluding hydrogens is 334 g/mol. The van der Waals surface area contributed by atoms with Crippen LogP contribution in [0, 0.1) is 5.92 Å². The van der Waals surface area contributed by atoms with Crippen LogP contribution in [0.1, 0.15) is 31.0 Å². The first-order valence-corrected chi connectivity index (χ1v) is 9.25. The highest BCUT2D eigenvalue weighted by atomic mass is 16.3. The molecule has 0 aliphatic rings. The molecular formula is C23H23N3O. The van der Waals surface area contributed by atoms with Crippen LogP contribution >= 0.6 is 0 Å². The van der Waals surface area contributed by atoms with E-state index in [9.17, 15) is 5.11 Å². The van der Waals surface area contributed by atoms with Gasteiger partial charge in [-0.25, -0.2) is 4.68 Å². The number of fused-ring (bicyclic) bond motifs is 1. The van der Waals surface area contributed by atoms with E-state index in [-0.39, 0.29) is 12.0 Å². The van der Waals surface area contributed by atoms with E-state index in [1.807, 2.05) is 89.6 Å². The van der Waals surface area contributed by atoms with Gasteiger partial charge in [0.25, 0.3) is 0 Å². The molecule has 0 aliphatic carbocycles. The predicted molar refractivity (Wildman–Crippen MR) is 107 cm³/mol.